The van der Waals surface area contributed by atoms with Crippen molar-refractivity contribution < 1.29 is 49.0 Å². The summed E-state index contributed by atoms with van der Waals surface area (Å²) < 4.78 is 8.25. The molecule has 0 spiro atoms. The maximum absolute atomic E-state index is 9.10. The number of hydrogen-bond acceptors (Lipinski definition) is 3. The van der Waals surface area contributed by atoms with Gasteiger partial charge in [-0.05, 0) is 0 Å². The van der Waals surface area contributed by atoms with E-state index in [2.05, 4.69) is 0 Å². The van der Waals surface area contributed by atoms with Gasteiger partial charge in [-0.1, -0.05) is 0 Å². The van der Waals surface area contributed by atoms with E-state index < -0.39 is 11.9 Å². The Morgan fingerprint density at radius 3 is 1.11 bits per heavy atom. The van der Waals surface area contributed by atoms with Gasteiger partial charge in [-0.15, -0.1) is 0 Å². The van der Waals surface area contributed by atoms with E-state index in [0.29, 0.717) is 0 Å². The summed E-state index contributed by atoms with van der Waals surface area (Å²) in [5.41, 5.74) is 0. The molecule has 7 heteroatoms. The second-order valence-corrected chi connectivity index (χ2v) is 0.610. The molecule has 0 amide bonds. The fraction of sp³-hybridized carbons (Fsp3) is 0. The fourth-order valence-corrected chi connectivity index (χ4v) is 0. The monoisotopic (exact) mass is 172 g/mol. The van der Waals surface area contributed by atoms with Crippen LogP contribution in [-0.2, 0) is 33.3 Å². The van der Waals surface area contributed by atoms with Gasteiger partial charge in [-0.25, -0.2) is 9.59 Å². The van der Waals surface area contributed by atoms with Gasteiger partial charge in [0.15, 0.2) is 0 Å². The Kier molecular flexibility index (Phi) is 18.2. The van der Waals surface area contributed by atoms with Crippen LogP contribution >= 0.6 is 0 Å². The average molecular weight is 172 g/mol. The van der Waals surface area contributed by atoms with Crippen LogP contribution in [0.15, 0.2) is 0 Å². The molecule has 0 aliphatic carbocycles. The van der Waals surface area contributed by atoms with Crippen LogP contribution in [0.25, 0.3) is 0 Å². The molecule has 6 nitrogen and oxygen atoms in total. The van der Waals surface area contributed by atoms with Gasteiger partial charge in [0.1, 0.15) is 0 Å². The van der Waals surface area contributed by atoms with Gasteiger partial charge in [0.25, 0.3) is 0 Å². The third-order valence-electron chi connectivity index (χ3n) is 0.183. The maximum atomic E-state index is 9.10. The van der Waals surface area contributed by atoms with Crippen molar-refractivity contribution in [2.45, 2.75) is 0 Å². The molecule has 0 rings (SSSR count). The van der Waals surface area contributed by atoms with E-state index in [9.17, 15) is 0 Å². The first-order valence-corrected chi connectivity index (χ1v) is 1.95. The first-order chi connectivity index (χ1) is 3.64. The summed E-state index contributed by atoms with van der Waals surface area (Å²) in [6.45, 7) is 0. The molecule has 0 aromatic rings. The van der Waals surface area contributed by atoms with Crippen LogP contribution in [0.1, 0.15) is 0 Å². The van der Waals surface area contributed by atoms with Crippen molar-refractivity contribution in [2.24, 2.45) is 0 Å². The van der Waals surface area contributed by atoms with Crippen molar-refractivity contribution in [1.29, 1.82) is 0 Å². The van der Waals surface area contributed by atoms with Crippen LogP contribution in [0.2, 0.25) is 0 Å². The van der Waals surface area contributed by atoms with Gasteiger partial charge in [-0.3, -0.25) is 0 Å². The van der Waals surface area contributed by atoms with E-state index in [-0.39, 0.29) is 5.48 Å². The fourth-order valence-electron chi connectivity index (χ4n) is 0. The van der Waals surface area contributed by atoms with Gasteiger partial charge in [-0.2, -0.15) is 0 Å². The molecule has 0 saturated carbocycles. The van der Waals surface area contributed by atoms with Crippen molar-refractivity contribution >= 4 is 11.9 Å². The Bertz CT molecular complexity index is 87.2. The molecule has 0 bridgehead atoms. The summed E-state index contributed by atoms with van der Waals surface area (Å²) in [4.78, 5) is 18.2. The van der Waals surface area contributed by atoms with Gasteiger partial charge >= 0.3 is 35.7 Å². The molecule has 0 aliphatic heterocycles. The average Bonchev–Trinajstić information content (AvgIpc) is 1.72. The molecule has 0 unspecified atom stereocenters. The minimum atomic E-state index is -1.82. The van der Waals surface area contributed by atoms with Crippen LogP contribution in [0.5, 0.6) is 0 Å². The zero-order valence-corrected chi connectivity index (χ0v) is 5.68. The molecule has 0 aliphatic rings. The first-order valence-electron chi connectivity index (χ1n) is 1.31. The SMILES string of the molecule is O.O=C(O)C(=O)O.[O]=[Ti]. The molecule has 0 aromatic heterocycles. The molecular formula is C2H4O6Ti. The molecular weight excluding hydrogens is 168 g/mol. The minimum absolute atomic E-state index is 0. The number of carboxylic acid groups (broad SMARTS) is 2. The predicted octanol–water partition coefficient (Wildman–Crippen LogP) is -1.79. The van der Waals surface area contributed by atoms with Crippen LogP contribution in [0.3, 0.4) is 0 Å². The number of carboxylic acids is 2. The van der Waals surface area contributed by atoms with Crippen LogP contribution in [0, 0.1) is 0 Å². The number of rotatable bonds is 0. The number of carbonyl (C=O) groups is 2. The van der Waals surface area contributed by atoms with Gasteiger partial charge in [0, 0.05) is 0 Å². The summed E-state index contributed by atoms with van der Waals surface area (Å²) in [5.74, 6) is -3.65. The first kappa shape index (κ1) is 15.8. The van der Waals surface area contributed by atoms with Crippen LogP contribution in [0.4, 0.5) is 0 Å². The van der Waals surface area contributed by atoms with Crippen molar-refractivity contribution in [3.05, 3.63) is 0 Å². The second kappa shape index (κ2) is 10.4. The molecule has 9 heavy (non-hydrogen) atoms. The van der Waals surface area contributed by atoms with E-state index in [1.807, 2.05) is 0 Å². The Morgan fingerprint density at radius 1 is 1.00 bits per heavy atom. The zero-order valence-electron chi connectivity index (χ0n) is 4.12. The summed E-state index contributed by atoms with van der Waals surface area (Å²) in [7, 11) is 0. The Hall–Kier alpha value is -0.586. The Balaban J connectivity index is -0.000000109. The quantitative estimate of drug-likeness (QED) is 0.329. The van der Waals surface area contributed by atoms with Crippen molar-refractivity contribution in [2.75, 3.05) is 0 Å². The topological polar surface area (TPSA) is 123 Å². The van der Waals surface area contributed by atoms with Gasteiger partial charge in [0.2, 0.25) is 0 Å². The summed E-state index contributed by atoms with van der Waals surface area (Å²) >= 11 is 0.750. The Labute approximate surface area is 61.5 Å². The van der Waals surface area contributed by atoms with E-state index in [4.69, 9.17) is 23.1 Å². The standard InChI is InChI=1S/C2H2O4.H2O.O.Ti/c3-1(4)2(5)6;;;/h(H,3,4)(H,5,6);1H2;;. The molecule has 0 fully saturated rings. The predicted molar refractivity (Wildman–Crippen MR) is 19.6 cm³/mol. The molecule has 52 valence electrons. The van der Waals surface area contributed by atoms with Crippen LogP contribution in [-0.4, -0.2) is 27.6 Å². The number of hydrogen-bond donors (Lipinski definition) is 2. The molecule has 0 aromatic carbocycles. The summed E-state index contributed by atoms with van der Waals surface area (Å²) in [5, 5.41) is 14.8. The van der Waals surface area contributed by atoms with Gasteiger partial charge < -0.3 is 15.7 Å². The molecule has 0 radical (unpaired) electrons. The van der Waals surface area contributed by atoms with Crippen LogP contribution < -0.4 is 0 Å². The van der Waals surface area contributed by atoms with Crippen molar-refractivity contribution in [1.82, 2.24) is 0 Å². The zero-order chi connectivity index (χ0) is 7.15. The second-order valence-electron chi connectivity index (χ2n) is 0.610. The Morgan fingerprint density at radius 2 is 1.11 bits per heavy atom. The summed E-state index contributed by atoms with van der Waals surface area (Å²) in [6.07, 6.45) is 0. The van der Waals surface area contributed by atoms with Gasteiger partial charge in [0.05, 0.1) is 0 Å². The van der Waals surface area contributed by atoms with E-state index in [1.54, 1.807) is 0 Å². The number of aliphatic carboxylic acids is 2. The summed E-state index contributed by atoms with van der Waals surface area (Å²) in [6, 6.07) is 0. The van der Waals surface area contributed by atoms with E-state index in [0.717, 1.165) is 20.4 Å². The van der Waals surface area contributed by atoms with Crippen molar-refractivity contribution in [3.63, 3.8) is 0 Å². The third-order valence-corrected chi connectivity index (χ3v) is 0.183. The normalized spacial score (nSPS) is 5.22. The molecule has 0 atom stereocenters. The molecule has 4 N–H and O–H groups in total. The van der Waals surface area contributed by atoms with E-state index >= 15 is 0 Å². The third kappa shape index (κ3) is 18.6. The molecule has 0 heterocycles. The van der Waals surface area contributed by atoms with Crippen molar-refractivity contribution in [3.8, 4) is 0 Å². The molecule has 0 saturated heterocycles. The van der Waals surface area contributed by atoms with E-state index in [1.165, 1.54) is 0 Å².